The van der Waals surface area contributed by atoms with Crippen molar-refractivity contribution in [3.8, 4) is 0 Å². The van der Waals surface area contributed by atoms with Gasteiger partial charge in [0.2, 0.25) is 0 Å². The standard InChI is InChI=1S/C12H11BrClN3O/c1-7-9(12(14)17(2)16-7)5-11(18)10-4-3-8(13)6-15-10/h3-4,6H,5H2,1-2H3. The Morgan fingerprint density at radius 2 is 2.22 bits per heavy atom. The summed E-state index contributed by atoms with van der Waals surface area (Å²) in [4.78, 5) is 16.1. The molecule has 0 saturated carbocycles. The van der Waals surface area contributed by atoms with Crippen molar-refractivity contribution in [2.45, 2.75) is 13.3 Å². The molecule has 2 aromatic rings. The first-order chi connectivity index (χ1) is 8.49. The molecule has 0 unspecified atom stereocenters. The molecule has 0 N–H and O–H groups in total. The van der Waals surface area contributed by atoms with Crippen LogP contribution in [0.15, 0.2) is 22.8 Å². The van der Waals surface area contributed by atoms with Crippen molar-refractivity contribution in [3.05, 3.63) is 44.9 Å². The first kappa shape index (κ1) is 13.2. The second-order valence-corrected chi connectivity index (χ2v) is 5.21. The summed E-state index contributed by atoms with van der Waals surface area (Å²) in [6, 6.07) is 3.48. The highest BCUT2D eigenvalue weighted by molar-refractivity contribution is 9.10. The molecule has 0 aliphatic heterocycles. The van der Waals surface area contributed by atoms with Gasteiger partial charge in [-0.1, -0.05) is 11.6 Å². The second-order valence-electron chi connectivity index (χ2n) is 3.94. The minimum atomic E-state index is -0.0690. The largest absolute Gasteiger partial charge is 0.292 e. The molecule has 0 bridgehead atoms. The van der Waals surface area contributed by atoms with Gasteiger partial charge in [0.15, 0.2) is 5.78 Å². The Morgan fingerprint density at radius 1 is 1.50 bits per heavy atom. The van der Waals surface area contributed by atoms with E-state index in [2.05, 4.69) is 26.0 Å². The van der Waals surface area contributed by atoms with Gasteiger partial charge in [-0.05, 0) is 35.0 Å². The first-order valence-corrected chi connectivity index (χ1v) is 6.49. The minimum absolute atomic E-state index is 0.0690. The fourth-order valence-corrected chi connectivity index (χ4v) is 2.14. The van der Waals surface area contributed by atoms with Crippen LogP contribution in [0.2, 0.25) is 5.15 Å². The average Bonchev–Trinajstić information content (AvgIpc) is 2.57. The predicted octanol–water partition coefficient (Wildman–Crippen LogP) is 2.96. The van der Waals surface area contributed by atoms with Crippen LogP contribution in [0.5, 0.6) is 0 Å². The summed E-state index contributed by atoms with van der Waals surface area (Å²) in [6.45, 7) is 1.84. The molecule has 2 rings (SSSR count). The molecular weight excluding hydrogens is 318 g/mol. The number of carbonyl (C=O) groups excluding carboxylic acids is 1. The van der Waals surface area contributed by atoms with Gasteiger partial charge in [-0.15, -0.1) is 0 Å². The summed E-state index contributed by atoms with van der Waals surface area (Å²) < 4.78 is 2.41. The number of hydrogen-bond acceptors (Lipinski definition) is 3. The molecule has 0 spiro atoms. The Labute approximate surface area is 118 Å². The highest BCUT2D eigenvalue weighted by Gasteiger charge is 2.16. The average molecular weight is 329 g/mol. The molecule has 0 aliphatic rings. The van der Waals surface area contributed by atoms with Crippen LogP contribution in [-0.2, 0) is 13.5 Å². The lowest BCUT2D eigenvalue weighted by molar-refractivity contribution is 0.0988. The molecule has 2 heterocycles. The zero-order chi connectivity index (χ0) is 13.3. The summed E-state index contributed by atoms with van der Waals surface area (Å²) in [5, 5.41) is 4.67. The molecular formula is C12H11BrClN3O. The number of ketones is 1. The van der Waals surface area contributed by atoms with Crippen molar-refractivity contribution in [1.82, 2.24) is 14.8 Å². The minimum Gasteiger partial charge on any atom is -0.292 e. The molecule has 0 aromatic carbocycles. The van der Waals surface area contributed by atoms with E-state index < -0.39 is 0 Å². The van der Waals surface area contributed by atoms with Crippen LogP contribution in [0.25, 0.3) is 0 Å². The maximum atomic E-state index is 12.1. The molecule has 18 heavy (non-hydrogen) atoms. The lowest BCUT2D eigenvalue weighted by Gasteiger charge is -2.01. The third-order valence-electron chi connectivity index (χ3n) is 2.62. The van der Waals surface area contributed by atoms with Gasteiger partial charge in [-0.25, -0.2) is 0 Å². The molecule has 0 fully saturated rings. The Balaban J connectivity index is 2.24. The number of halogens is 2. The fraction of sp³-hybridized carbons (Fsp3) is 0.250. The number of Topliss-reactive ketones (excluding diaryl/α,β-unsaturated/α-hetero) is 1. The monoisotopic (exact) mass is 327 g/mol. The van der Waals surface area contributed by atoms with Crippen LogP contribution in [0.3, 0.4) is 0 Å². The molecule has 94 valence electrons. The number of carbonyl (C=O) groups is 1. The molecule has 2 aromatic heterocycles. The first-order valence-electron chi connectivity index (χ1n) is 5.31. The molecule has 0 aliphatic carbocycles. The molecule has 4 nitrogen and oxygen atoms in total. The van der Waals surface area contributed by atoms with Gasteiger partial charge >= 0.3 is 0 Å². The van der Waals surface area contributed by atoms with Gasteiger partial charge in [0.05, 0.1) is 5.69 Å². The highest BCUT2D eigenvalue weighted by Crippen LogP contribution is 2.20. The van der Waals surface area contributed by atoms with E-state index in [4.69, 9.17) is 11.6 Å². The van der Waals surface area contributed by atoms with E-state index in [9.17, 15) is 4.79 Å². The Kier molecular flexibility index (Phi) is 3.82. The lowest BCUT2D eigenvalue weighted by Crippen LogP contribution is -2.06. The number of aryl methyl sites for hydroxylation is 2. The number of rotatable bonds is 3. The molecule has 6 heteroatoms. The lowest BCUT2D eigenvalue weighted by atomic mass is 10.1. The second kappa shape index (κ2) is 5.20. The van der Waals surface area contributed by atoms with Gasteiger partial charge in [0.25, 0.3) is 0 Å². The predicted molar refractivity (Wildman–Crippen MR) is 72.9 cm³/mol. The van der Waals surface area contributed by atoms with E-state index in [-0.39, 0.29) is 12.2 Å². The van der Waals surface area contributed by atoms with Crippen LogP contribution in [-0.4, -0.2) is 20.5 Å². The number of pyridine rings is 1. The zero-order valence-corrected chi connectivity index (χ0v) is 12.3. The van der Waals surface area contributed by atoms with Crippen molar-refractivity contribution >= 4 is 33.3 Å². The molecule has 0 saturated heterocycles. The molecule has 0 amide bonds. The fourth-order valence-electron chi connectivity index (χ4n) is 1.67. The van der Waals surface area contributed by atoms with Gasteiger partial charge in [0, 0.05) is 29.7 Å². The summed E-state index contributed by atoms with van der Waals surface area (Å²) in [6.07, 6.45) is 1.82. The summed E-state index contributed by atoms with van der Waals surface area (Å²) in [5.74, 6) is -0.0690. The van der Waals surface area contributed by atoms with Crippen molar-refractivity contribution in [2.75, 3.05) is 0 Å². The Hall–Kier alpha value is -1.20. The topological polar surface area (TPSA) is 47.8 Å². The van der Waals surface area contributed by atoms with Gasteiger partial charge in [-0.2, -0.15) is 5.10 Å². The van der Waals surface area contributed by atoms with Crippen LogP contribution in [0, 0.1) is 6.92 Å². The van der Waals surface area contributed by atoms with Crippen molar-refractivity contribution < 1.29 is 4.79 Å². The molecule has 0 radical (unpaired) electrons. The number of hydrogen-bond donors (Lipinski definition) is 0. The summed E-state index contributed by atoms with van der Waals surface area (Å²) in [7, 11) is 1.75. The van der Waals surface area contributed by atoms with Crippen molar-refractivity contribution in [2.24, 2.45) is 7.05 Å². The maximum absolute atomic E-state index is 12.1. The van der Waals surface area contributed by atoms with E-state index in [0.717, 1.165) is 15.7 Å². The van der Waals surface area contributed by atoms with Crippen molar-refractivity contribution in [1.29, 1.82) is 0 Å². The third kappa shape index (κ3) is 2.62. The quantitative estimate of drug-likeness (QED) is 0.814. The van der Waals surface area contributed by atoms with Crippen LogP contribution < -0.4 is 0 Å². The molecule has 0 atom stereocenters. The third-order valence-corrected chi connectivity index (χ3v) is 3.56. The van der Waals surface area contributed by atoms with Gasteiger partial charge < -0.3 is 0 Å². The smallest absolute Gasteiger partial charge is 0.185 e. The number of nitrogens with zero attached hydrogens (tertiary/aromatic N) is 3. The van der Waals surface area contributed by atoms with Crippen LogP contribution >= 0.6 is 27.5 Å². The SMILES string of the molecule is Cc1nn(C)c(Cl)c1CC(=O)c1ccc(Br)cn1. The van der Waals surface area contributed by atoms with E-state index in [0.29, 0.717) is 10.8 Å². The summed E-state index contributed by atoms with van der Waals surface area (Å²) in [5.41, 5.74) is 1.96. The normalized spacial score (nSPS) is 10.7. The zero-order valence-electron chi connectivity index (χ0n) is 9.94. The van der Waals surface area contributed by atoms with E-state index in [1.165, 1.54) is 0 Å². The van der Waals surface area contributed by atoms with E-state index in [1.807, 2.05) is 6.92 Å². The Morgan fingerprint density at radius 3 is 2.72 bits per heavy atom. The highest BCUT2D eigenvalue weighted by atomic mass is 79.9. The van der Waals surface area contributed by atoms with Crippen molar-refractivity contribution in [3.63, 3.8) is 0 Å². The Bertz CT molecular complexity index is 592. The maximum Gasteiger partial charge on any atom is 0.185 e. The van der Waals surface area contributed by atoms with Crippen LogP contribution in [0.4, 0.5) is 0 Å². The van der Waals surface area contributed by atoms with E-state index >= 15 is 0 Å². The summed E-state index contributed by atoms with van der Waals surface area (Å²) >= 11 is 9.37. The number of aromatic nitrogens is 3. The van der Waals surface area contributed by atoms with Gasteiger partial charge in [0.1, 0.15) is 10.8 Å². The van der Waals surface area contributed by atoms with Crippen LogP contribution in [0.1, 0.15) is 21.7 Å². The van der Waals surface area contributed by atoms with E-state index in [1.54, 1.807) is 30.1 Å². The van der Waals surface area contributed by atoms with Gasteiger partial charge in [-0.3, -0.25) is 14.5 Å².